The van der Waals surface area contributed by atoms with Gasteiger partial charge in [0.15, 0.2) is 5.13 Å². The van der Waals surface area contributed by atoms with Crippen molar-refractivity contribution in [3.05, 3.63) is 46.2 Å². The number of nitrogens with zero attached hydrogens (tertiary/aromatic N) is 2. The second-order valence-corrected chi connectivity index (χ2v) is 6.27. The summed E-state index contributed by atoms with van der Waals surface area (Å²) in [6.07, 6.45) is 3.66. The summed E-state index contributed by atoms with van der Waals surface area (Å²) in [5.74, 6) is 0. The van der Waals surface area contributed by atoms with Crippen LogP contribution in [0.15, 0.2) is 35.1 Å². The minimum absolute atomic E-state index is 0.139. The number of aromatic nitrogens is 1. The summed E-state index contributed by atoms with van der Waals surface area (Å²) in [6, 6.07) is 9.94. The van der Waals surface area contributed by atoms with Crippen LogP contribution in [0, 0.1) is 6.92 Å². The second-order valence-electron chi connectivity index (χ2n) is 5.26. The number of hydrogen-bond acceptors (Lipinski definition) is 4. The molecule has 0 radical (unpaired) electrons. The van der Waals surface area contributed by atoms with Crippen molar-refractivity contribution in [3.8, 4) is 10.4 Å². The Morgan fingerprint density at radius 1 is 1.10 bits per heavy atom. The lowest BCUT2D eigenvalue weighted by molar-refractivity contribution is 0.576. The molecule has 0 amide bonds. The molecule has 20 heavy (non-hydrogen) atoms. The third-order valence-electron chi connectivity index (χ3n) is 3.62. The molecule has 0 N–H and O–H groups in total. The van der Waals surface area contributed by atoms with Gasteiger partial charge in [0.25, 0.3) is 5.56 Å². The summed E-state index contributed by atoms with van der Waals surface area (Å²) in [5, 5.41) is 0.868. The molecule has 0 aliphatic carbocycles. The molecular formula is C16H18N2OS. The van der Waals surface area contributed by atoms with Crippen molar-refractivity contribution in [3.63, 3.8) is 0 Å². The van der Waals surface area contributed by atoms with E-state index in [-0.39, 0.29) is 5.56 Å². The molecular weight excluding hydrogens is 268 g/mol. The quantitative estimate of drug-likeness (QED) is 0.847. The molecule has 0 spiro atoms. The third-order valence-corrected chi connectivity index (χ3v) is 4.73. The van der Waals surface area contributed by atoms with Crippen molar-refractivity contribution < 1.29 is 0 Å². The van der Waals surface area contributed by atoms with Crippen LogP contribution in [0.5, 0.6) is 0 Å². The molecule has 1 aromatic carbocycles. The summed E-state index contributed by atoms with van der Waals surface area (Å²) in [6.45, 7) is 4.10. The second kappa shape index (κ2) is 5.75. The topological polar surface area (TPSA) is 33.2 Å². The van der Waals surface area contributed by atoms with E-state index < -0.39 is 0 Å². The Bertz CT molecular complexity index is 642. The summed E-state index contributed by atoms with van der Waals surface area (Å²) >= 11 is 1.62. The molecule has 0 atom stereocenters. The largest absolute Gasteiger partial charge is 0.348 e. The van der Waals surface area contributed by atoms with Gasteiger partial charge in [-0.05, 0) is 31.7 Å². The van der Waals surface area contributed by atoms with Gasteiger partial charge in [-0.2, -0.15) is 4.98 Å². The van der Waals surface area contributed by atoms with E-state index in [1.165, 1.54) is 24.8 Å². The van der Waals surface area contributed by atoms with E-state index in [0.717, 1.165) is 28.7 Å². The lowest BCUT2D eigenvalue weighted by Crippen LogP contribution is -2.30. The summed E-state index contributed by atoms with van der Waals surface area (Å²) in [4.78, 5) is 19.3. The summed E-state index contributed by atoms with van der Waals surface area (Å²) in [5.41, 5.74) is 2.18. The highest BCUT2D eigenvalue weighted by Gasteiger charge is 2.14. The van der Waals surface area contributed by atoms with Gasteiger partial charge in [0.2, 0.25) is 0 Å². The fraction of sp³-hybridized carbons (Fsp3) is 0.375. The van der Waals surface area contributed by atoms with E-state index in [2.05, 4.69) is 41.1 Å². The van der Waals surface area contributed by atoms with Gasteiger partial charge in [0, 0.05) is 24.0 Å². The van der Waals surface area contributed by atoms with E-state index in [9.17, 15) is 4.79 Å². The van der Waals surface area contributed by atoms with Gasteiger partial charge in [-0.25, -0.2) is 0 Å². The fourth-order valence-corrected chi connectivity index (χ4v) is 3.53. The van der Waals surface area contributed by atoms with Gasteiger partial charge >= 0.3 is 0 Å². The van der Waals surface area contributed by atoms with Crippen molar-refractivity contribution in [1.82, 2.24) is 4.98 Å². The predicted octanol–water partition coefficient (Wildman–Crippen LogP) is 3.47. The molecule has 1 aliphatic heterocycles. The van der Waals surface area contributed by atoms with Crippen molar-refractivity contribution in [2.45, 2.75) is 26.2 Å². The Kier molecular flexibility index (Phi) is 3.83. The van der Waals surface area contributed by atoms with Crippen LogP contribution in [-0.2, 0) is 0 Å². The highest BCUT2D eigenvalue weighted by molar-refractivity contribution is 7.18. The zero-order valence-corrected chi connectivity index (χ0v) is 12.4. The first-order valence-corrected chi connectivity index (χ1v) is 7.88. The summed E-state index contributed by atoms with van der Waals surface area (Å²) in [7, 11) is 0. The SMILES string of the molecule is Cc1ccc(-c2cc(=O)nc(N3CCCCC3)s2)cc1. The van der Waals surface area contributed by atoms with Gasteiger partial charge < -0.3 is 4.90 Å². The number of anilines is 1. The third kappa shape index (κ3) is 2.90. The van der Waals surface area contributed by atoms with Crippen molar-refractivity contribution >= 4 is 16.5 Å². The van der Waals surface area contributed by atoms with Crippen molar-refractivity contribution in [2.75, 3.05) is 18.0 Å². The van der Waals surface area contributed by atoms with Crippen LogP contribution in [0.4, 0.5) is 5.13 Å². The monoisotopic (exact) mass is 286 g/mol. The van der Waals surface area contributed by atoms with Gasteiger partial charge in [-0.1, -0.05) is 41.2 Å². The van der Waals surface area contributed by atoms with Crippen LogP contribution < -0.4 is 10.5 Å². The Labute approximate surface area is 122 Å². The smallest absolute Gasteiger partial charge is 0.273 e. The molecule has 4 heteroatoms. The van der Waals surface area contributed by atoms with Crippen LogP contribution in [0.3, 0.4) is 0 Å². The number of aryl methyl sites for hydroxylation is 1. The van der Waals surface area contributed by atoms with Gasteiger partial charge in [-0.15, -0.1) is 0 Å². The van der Waals surface area contributed by atoms with Gasteiger partial charge in [-0.3, -0.25) is 4.79 Å². The first kappa shape index (κ1) is 13.3. The molecule has 0 bridgehead atoms. The number of benzene rings is 1. The van der Waals surface area contributed by atoms with Crippen molar-refractivity contribution in [2.24, 2.45) is 0 Å². The van der Waals surface area contributed by atoms with E-state index in [1.54, 1.807) is 17.4 Å². The number of rotatable bonds is 2. The average molecular weight is 286 g/mol. The molecule has 1 saturated heterocycles. The maximum Gasteiger partial charge on any atom is 0.273 e. The maximum absolute atomic E-state index is 11.9. The Morgan fingerprint density at radius 3 is 2.50 bits per heavy atom. The predicted molar refractivity (Wildman–Crippen MR) is 84.6 cm³/mol. The highest BCUT2D eigenvalue weighted by atomic mass is 32.1. The first-order valence-electron chi connectivity index (χ1n) is 7.06. The molecule has 3 rings (SSSR count). The number of hydrogen-bond donors (Lipinski definition) is 0. The highest BCUT2D eigenvalue weighted by Crippen LogP contribution is 2.29. The van der Waals surface area contributed by atoms with E-state index in [4.69, 9.17) is 0 Å². The molecule has 2 aromatic rings. The van der Waals surface area contributed by atoms with E-state index in [0.29, 0.717) is 0 Å². The molecule has 2 heterocycles. The zero-order chi connectivity index (χ0) is 13.9. The van der Waals surface area contributed by atoms with Crippen LogP contribution in [-0.4, -0.2) is 18.1 Å². The van der Waals surface area contributed by atoms with E-state index in [1.807, 2.05) is 0 Å². The Morgan fingerprint density at radius 2 is 1.80 bits per heavy atom. The van der Waals surface area contributed by atoms with Crippen LogP contribution >= 0.6 is 11.3 Å². The lowest BCUT2D eigenvalue weighted by atomic mass is 10.1. The van der Waals surface area contributed by atoms with E-state index >= 15 is 0 Å². The van der Waals surface area contributed by atoms with Gasteiger partial charge in [0.1, 0.15) is 0 Å². The molecule has 104 valence electrons. The molecule has 3 nitrogen and oxygen atoms in total. The van der Waals surface area contributed by atoms with Gasteiger partial charge in [0.05, 0.1) is 0 Å². The normalized spacial score (nSPS) is 15.3. The average Bonchev–Trinajstić information content (AvgIpc) is 2.48. The maximum atomic E-state index is 11.9. The van der Waals surface area contributed by atoms with Crippen LogP contribution in [0.25, 0.3) is 10.4 Å². The molecule has 1 fully saturated rings. The fourth-order valence-electron chi connectivity index (χ4n) is 2.47. The van der Waals surface area contributed by atoms with Crippen molar-refractivity contribution in [1.29, 1.82) is 0 Å². The number of piperidine rings is 1. The lowest BCUT2D eigenvalue weighted by Gasteiger charge is -2.26. The first-order chi connectivity index (χ1) is 9.72. The molecule has 1 aliphatic rings. The molecule has 1 aromatic heterocycles. The van der Waals surface area contributed by atoms with Crippen LogP contribution in [0.2, 0.25) is 0 Å². The molecule has 0 unspecified atom stereocenters. The molecule has 0 saturated carbocycles. The minimum Gasteiger partial charge on any atom is -0.348 e. The Hall–Kier alpha value is -1.68. The summed E-state index contributed by atoms with van der Waals surface area (Å²) < 4.78 is 0. The minimum atomic E-state index is -0.139. The Balaban J connectivity index is 1.97. The standard InChI is InChI=1S/C16H18N2OS/c1-12-5-7-13(8-6-12)14-11-15(19)17-16(20-14)18-9-3-2-4-10-18/h5-8,11H,2-4,9-10H2,1H3. The zero-order valence-electron chi connectivity index (χ0n) is 11.6. The van der Waals surface area contributed by atoms with Crippen LogP contribution in [0.1, 0.15) is 24.8 Å².